The summed E-state index contributed by atoms with van der Waals surface area (Å²) in [5, 5.41) is 0. The van der Waals surface area contributed by atoms with Crippen molar-refractivity contribution in [3.05, 3.63) is 23.4 Å². The number of ether oxygens (including phenoxy) is 1. The minimum absolute atomic E-state index is 0.720. The SMILES string of the molecule is O=Cc1cc(CN2CCOCC2)cnc1N1CCCC1. The van der Waals surface area contributed by atoms with Crippen molar-refractivity contribution in [1.29, 1.82) is 0 Å². The van der Waals surface area contributed by atoms with E-state index in [2.05, 4.69) is 14.8 Å². The molecule has 3 rings (SSSR count). The average molecular weight is 275 g/mol. The molecule has 2 aliphatic rings. The van der Waals surface area contributed by atoms with Crippen molar-refractivity contribution in [2.45, 2.75) is 19.4 Å². The number of carbonyl (C=O) groups excluding carboxylic acids is 1. The molecule has 0 saturated carbocycles. The minimum Gasteiger partial charge on any atom is -0.379 e. The van der Waals surface area contributed by atoms with Gasteiger partial charge in [0.05, 0.1) is 18.8 Å². The fourth-order valence-corrected chi connectivity index (χ4v) is 2.90. The van der Waals surface area contributed by atoms with E-state index in [1.807, 2.05) is 12.3 Å². The Labute approximate surface area is 119 Å². The van der Waals surface area contributed by atoms with Crippen LogP contribution >= 0.6 is 0 Å². The monoisotopic (exact) mass is 275 g/mol. The van der Waals surface area contributed by atoms with Crippen molar-refractivity contribution in [2.24, 2.45) is 0 Å². The van der Waals surface area contributed by atoms with Gasteiger partial charge in [-0.25, -0.2) is 4.98 Å². The number of rotatable bonds is 4. The fraction of sp³-hybridized carbons (Fsp3) is 0.600. The maximum absolute atomic E-state index is 11.3. The Bertz CT molecular complexity index is 466. The standard InChI is InChI=1S/C15H21N3O2/c19-12-14-9-13(11-17-5-7-20-8-6-17)10-16-15(14)18-3-1-2-4-18/h9-10,12H,1-8,11H2. The van der Waals surface area contributed by atoms with Gasteiger partial charge in [-0.2, -0.15) is 0 Å². The highest BCUT2D eigenvalue weighted by Crippen LogP contribution is 2.22. The Balaban J connectivity index is 1.74. The predicted octanol–water partition coefficient (Wildman–Crippen LogP) is 1.33. The van der Waals surface area contributed by atoms with Crippen LogP contribution in [0.5, 0.6) is 0 Å². The van der Waals surface area contributed by atoms with Crippen LogP contribution in [0.4, 0.5) is 5.82 Å². The van der Waals surface area contributed by atoms with Crippen molar-refractivity contribution in [2.75, 3.05) is 44.3 Å². The molecule has 5 nitrogen and oxygen atoms in total. The number of aromatic nitrogens is 1. The summed E-state index contributed by atoms with van der Waals surface area (Å²) in [6.45, 7) is 6.35. The zero-order chi connectivity index (χ0) is 13.8. The number of hydrogen-bond donors (Lipinski definition) is 0. The van der Waals surface area contributed by atoms with E-state index in [4.69, 9.17) is 4.74 Å². The van der Waals surface area contributed by atoms with Crippen LogP contribution in [0.15, 0.2) is 12.3 Å². The molecule has 2 fully saturated rings. The van der Waals surface area contributed by atoms with E-state index >= 15 is 0 Å². The number of nitrogens with zero attached hydrogens (tertiary/aromatic N) is 3. The number of aldehydes is 1. The third kappa shape index (κ3) is 2.99. The van der Waals surface area contributed by atoms with Crippen LogP contribution in [0.2, 0.25) is 0 Å². The molecular formula is C15H21N3O2. The lowest BCUT2D eigenvalue weighted by atomic mass is 10.1. The Morgan fingerprint density at radius 3 is 2.65 bits per heavy atom. The molecule has 5 heteroatoms. The summed E-state index contributed by atoms with van der Waals surface area (Å²) in [5.74, 6) is 0.850. The molecule has 1 aromatic heterocycles. The van der Waals surface area contributed by atoms with E-state index in [-0.39, 0.29) is 0 Å². The van der Waals surface area contributed by atoms with Crippen LogP contribution < -0.4 is 4.90 Å². The fourth-order valence-electron chi connectivity index (χ4n) is 2.90. The van der Waals surface area contributed by atoms with Gasteiger partial charge < -0.3 is 9.64 Å². The van der Waals surface area contributed by atoms with E-state index < -0.39 is 0 Å². The van der Waals surface area contributed by atoms with E-state index in [9.17, 15) is 4.79 Å². The average Bonchev–Trinajstić information content (AvgIpc) is 3.02. The lowest BCUT2D eigenvalue weighted by molar-refractivity contribution is 0.0341. The highest BCUT2D eigenvalue weighted by Gasteiger charge is 2.18. The van der Waals surface area contributed by atoms with E-state index in [1.54, 1.807) is 0 Å². The van der Waals surface area contributed by atoms with Gasteiger partial charge >= 0.3 is 0 Å². The topological polar surface area (TPSA) is 45.7 Å². The molecular weight excluding hydrogens is 254 g/mol. The zero-order valence-electron chi connectivity index (χ0n) is 11.8. The van der Waals surface area contributed by atoms with Gasteiger partial charge in [0.1, 0.15) is 5.82 Å². The van der Waals surface area contributed by atoms with Crippen LogP contribution in [0.25, 0.3) is 0 Å². The molecule has 0 bridgehead atoms. The Kier molecular flexibility index (Phi) is 4.28. The summed E-state index contributed by atoms with van der Waals surface area (Å²) >= 11 is 0. The van der Waals surface area contributed by atoms with Gasteiger partial charge in [0, 0.05) is 38.9 Å². The first kappa shape index (κ1) is 13.5. The van der Waals surface area contributed by atoms with E-state index in [0.717, 1.165) is 69.2 Å². The van der Waals surface area contributed by atoms with Gasteiger partial charge in [-0.3, -0.25) is 9.69 Å². The Morgan fingerprint density at radius 1 is 1.20 bits per heavy atom. The smallest absolute Gasteiger partial charge is 0.153 e. The van der Waals surface area contributed by atoms with Gasteiger partial charge in [0.25, 0.3) is 0 Å². The van der Waals surface area contributed by atoms with Crippen LogP contribution in [-0.2, 0) is 11.3 Å². The number of pyridine rings is 1. The quantitative estimate of drug-likeness (QED) is 0.776. The molecule has 0 atom stereocenters. The first-order valence-corrected chi connectivity index (χ1v) is 7.36. The summed E-state index contributed by atoms with van der Waals surface area (Å²) in [7, 11) is 0. The maximum Gasteiger partial charge on any atom is 0.153 e. The van der Waals surface area contributed by atoms with Crippen molar-refractivity contribution < 1.29 is 9.53 Å². The van der Waals surface area contributed by atoms with Gasteiger partial charge in [-0.05, 0) is 24.5 Å². The summed E-state index contributed by atoms with van der Waals surface area (Å²) in [6, 6.07) is 1.99. The van der Waals surface area contributed by atoms with Crippen LogP contribution in [-0.4, -0.2) is 55.6 Å². The molecule has 2 saturated heterocycles. The second kappa shape index (κ2) is 6.33. The molecule has 1 aromatic rings. The number of carbonyl (C=O) groups is 1. The molecule has 0 N–H and O–H groups in total. The highest BCUT2D eigenvalue weighted by atomic mass is 16.5. The number of anilines is 1. The van der Waals surface area contributed by atoms with Gasteiger partial charge in [-0.15, -0.1) is 0 Å². The largest absolute Gasteiger partial charge is 0.379 e. The molecule has 0 spiro atoms. The molecule has 0 radical (unpaired) electrons. The van der Waals surface area contributed by atoms with Gasteiger partial charge in [-0.1, -0.05) is 0 Å². The third-order valence-electron chi connectivity index (χ3n) is 3.99. The third-order valence-corrected chi connectivity index (χ3v) is 3.99. The van der Waals surface area contributed by atoms with Crippen LogP contribution in [0.3, 0.4) is 0 Å². The van der Waals surface area contributed by atoms with Crippen molar-refractivity contribution in [1.82, 2.24) is 9.88 Å². The van der Waals surface area contributed by atoms with Crippen LogP contribution in [0, 0.1) is 0 Å². The van der Waals surface area contributed by atoms with Crippen molar-refractivity contribution in [3.8, 4) is 0 Å². The van der Waals surface area contributed by atoms with Crippen molar-refractivity contribution >= 4 is 12.1 Å². The molecule has 3 heterocycles. The van der Waals surface area contributed by atoms with E-state index in [0.29, 0.717) is 0 Å². The summed E-state index contributed by atoms with van der Waals surface area (Å²) < 4.78 is 5.35. The molecule has 108 valence electrons. The normalized spacial score (nSPS) is 20.3. The summed E-state index contributed by atoms with van der Waals surface area (Å²) in [6.07, 6.45) is 5.23. The Morgan fingerprint density at radius 2 is 1.95 bits per heavy atom. The minimum atomic E-state index is 0.720. The van der Waals surface area contributed by atoms with Crippen LogP contribution in [0.1, 0.15) is 28.8 Å². The molecule has 0 unspecified atom stereocenters. The number of morpholine rings is 1. The number of hydrogen-bond acceptors (Lipinski definition) is 5. The predicted molar refractivity (Wildman–Crippen MR) is 77.2 cm³/mol. The first-order valence-electron chi connectivity index (χ1n) is 7.36. The van der Waals surface area contributed by atoms with Gasteiger partial charge in [0.15, 0.2) is 6.29 Å². The van der Waals surface area contributed by atoms with Crippen molar-refractivity contribution in [3.63, 3.8) is 0 Å². The maximum atomic E-state index is 11.3. The molecule has 0 amide bonds. The zero-order valence-corrected chi connectivity index (χ0v) is 11.8. The second-order valence-electron chi connectivity index (χ2n) is 5.46. The molecule has 0 aromatic carbocycles. The van der Waals surface area contributed by atoms with E-state index in [1.165, 1.54) is 12.8 Å². The lowest BCUT2D eigenvalue weighted by Gasteiger charge is -2.27. The summed E-state index contributed by atoms with van der Waals surface area (Å²) in [5.41, 5.74) is 1.83. The first-order chi connectivity index (χ1) is 9.86. The Hall–Kier alpha value is -1.46. The molecule has 0 aliphatic carbocycles. The molecule has 20 heavy (non-hydrogen) atoms. The lowest BCUT2D eigenvalue weighted by Crippen LogP contribution is -2.35. The highest BCUT2D eigenvalue weighted by molar-refractivity contribution is 5.83. The molecule has 2 aliphatic heterocycles. The summed E-state index contributed by atoms with van der Waals surface area (Å²) in [4.78, 5) is 20.4. The second-order valence-corrected chi connectivity index (χ2v) is 5.46. The van der Waals surface area contributed by atoms with Gasteiger partial charge in [0.2, 0.25) is 0 Å².